The van der Waals surface area contributed by atoms with Crippen LogP contribution in [0.15, 0.2) is 0 Å². The molecule has 0 atom stereocenters. The summed E-state index contributed by atoms with van der Waals surface area (Å²) >= 11 is 0. The minimum Gasteiger partial charge on any atom is -0.302 e. The molecule has 0 bridgehead atoms. The quantitative estimate of drug-likeness (QED) is 0.420. The first-order valence-corrected chi connectivity index (χ1v) is 10.4. The van der Waals surface area contributed by atoms with E-state index in [2.05, 4.69) is 75.2 Å². The van der Waals surface area contributed by atoms with Gasteiger partial charge in [0.25, 0.3) is 0 Å². The molecule has 24 heavy (non-hydrogen) atoms. The van der Waals surface area contributed by atoms with Gasteiger partial charge in [-0.2, -0.15) is 0 Å². The standard InChI is InChI=1S/C20H46N4/c1-9-13-21(14-10-2)15-16-22(11-3)23(12-4)17-18-24(19(5)6)20(7)8/h19-20H,9-18H2,1-8H3. The lowest BCUT2D eigenvalue weighted by molar-refractivity contribution is -0.0324. The highest BCUT2D eigenvalue weighted by atomic mass is 15.6. The molecule has 0 aliphatic heterocycles. The predicted octanol–water partition coefficient (Wildman–Crippen LogP) is 3.79. The zero-order chi connectivity index (χ0) is 18.5. The van der Waals surface area contributed by atoms with Gasteiger partial charge in [0.15, 0.2) is 0 Å². The Labute approximate surface area is 153 Å². The van der Waals surface area contributed by atoms with E-state index in [1.165, 1.54) is 32.5 Å². The van der Waals surface area contributed by atoms with Crippen LogP contribution in [0.4, 0.5) is 0 Å². The molecule has 0 N–H and O–H groups in total. The molecular weight excluding hydrogens is 296 g/mol. The SMILES string of the molecule is CCCN(CCC)CCN(CC)N(CC)CCN(C(C)C)C(C)C. The second-order valence-corrected chi connectivity index (χ2v) is 7.36. The largest absolute Gasteiger partial charge is 0.302 e. The van der Waals surface area contributed by atoms with Crippen molar-refractivity contribution >= 4 is 0 Å². The van der Waals surface area contributed by atoms with Crippen molar-refractivity contribution in [3.05, 3.63) is 0 Å². The Morgan fingerprint density at radius 1 is 0.542 bits per heavy atom. The van der Waals surface area contributed by atoms with E-state index in [-0.39, 0.29) is 0 Å². The summed E-state index contributed by atoms with van der Waals surface area (Å²) in [6.45, 7) is 27.6. The molecule has 0 heterocycles. The summed E-state index contributed by atoms with van der Waals surface area (Å²) in [5, 5.41) is 5.10. The maximum Gasteiger partial charge on any atom is 0.0261 e. The molecule has 0 aliphatic carbocycles. The number of rotatable bonds is 15. The van der Waals surface area contributed by atoms with E-state index in [4.69, 9.17) is 0 Å². The first kappa shape index (κ1) is 23.8. The number of hydrazine groups is 1. The van der Waals surface area contributed by atoms with Gasteiger partial charge in [0.2, 0.25) is 0 Å². The minimum absolute atomic E-state index is 0.614. The third-order valence-corrected chi connectivity index (χ3v) is 4.83. The second kappa shape index (κ2) is 14.1. The summed E-state index contributed by atoms with van der Waals surface area (Å²) in [5.41, 5.74) is 0. The monoisotopic (exact) mass is 342 g/mol. The first-order chi connectivity index (χ1) is 11.4. The van der Waals surface area contributed by atoms with Gasteiger partial charge in [0.1, 0.15) is 0 Å². The van der Waals surface area contributed by atoms with Crippen LogP contribution in [-0.2, 0) is 0 Å². The molecule has 0 saturated carbocycles. The average molecular weight is 343 g/mol. The van der Waals surface area contributed by atoms with E-state index < -0.39 is 0 Å². The fourth-order valence-corrected chi connectivity index (χ4v) is 3.57. The van der Waals surface area contributed by atoms with Gasteiger partial charge in [0, 0.05) is 51.4 Å². The lowest BCUT2D eigenvalue weighted by Crippen LogP contribution is -2.50. The Bertz CT molecular complexity index is 267. The van der Waals surface area contributed by atoms with Gasteiger partial charge >= 0.3 is 0 Å². The van der Waals surface area contributed by atoms with Crippen LogP contribution in [0.3, 0.4) is 0 Å². The molecule has 0 fully saturated rings. The van der Waals surface area contributed by atoms with E-state index in [0.717, 1.165) is 32.7 Å². The zero-order valence-electron chi connectivity index (χ0n) is 18.0. The third-order valence-electron chi connectivity index (χ3n) is 4.83. The Kier molecular flexibility index (Phi) is 14.0. The molecular formula is C20H46N4. The van der Waals surface area contributed by atoms with Crippen LogP contribution in [0.5, 0.6) is 0 Å². The van der Waals surface area contributed by atoms with Crippen molar-refractivity contribution in [1.29, 1.82) is 0 Å². The fourth-order valence-electron chi connectivity index (χ4n) is 3.57. The molecule has 0 radical (unpaired) electrons. The normalized spacial score (nSPS) is 12.8. The summed E-state index contributed by atoms with van der Waals surface area (Å²) in [5.74, 6) is 0. The van der Waals surface area contributed by atoms with Crippen molar-refractivity contribution in [1.82, 2.24) is 19.8 Å². The molecule has 0 aromatic carbocycles. The van der Waals surface area contributed by atoms with Gasteiger partial charge in [0.05, 0.1) is 0 Å². The Balaban J connectivity index is 4.56. The van der Waals surface area contributed by atoms with E-state index in [0.29, 0.717) is 12.1 Å². The summed E-state index contributed by atoms with van der Waals surface area (Å²) in [6.07, 6.45) is 2.50. The zero-order valence-corrected chi connectivity index (χ0v) is 18.0. The lowest BCUT2D eigenvalue weighted by atomic mass is 10.2. The summed E-state index contributed by atoms with van der Waals surface area (Å²) in [6, 6.07) is 1.23. The van der Waals surface area contributed by atoms with E-state index in [9.17, 15) is 0 Å². The van der Waals surface area contributed by atoms with Crippen LogP contribution < -0.4 is 0 Å². The van der Waals surface area contributed by atoms with Crippen molar-refractivity contribution in [3.63, 3.8) is 0 Å². The first-order valence-electron chi connectivity index (χ1n) is 10.4. The van der Waals surface area contributed by atoms with Crippen LogP contribution in [-0.4, -0.2) is 84.3 Å². The van der Waals surface area contributed by atoms with Crippen LogP contribution in [0, 0.1) is 0 Å². The highest BCUT2D eigenvalue weighted by Gasteiger charge is 2.18. The second-order valence-electron chi connectivity index (χ2n) is 7.36. The predicted molar refractivity (Wildman–Crippen MR) is 108 cm³/mol. The fraction of sp³-hybridized carbons (Fsp3) is 1.00. The average Bonchev–Trinajstić information content (AvgIpc) is 2.53. The summed E-state index contributed by atoms with van der Waals surface area (Å²) in [7, 11) is 0. The molecule has 4 heteroatoms. The molecule has 0 aromatic rings. The van der Waals surface area contributed by atoms with Crippen LogP contribution in [0.2, 0.25) is 0 Å². The molecule has 0 rings (SSSR count). The number of nitrogens with zero attached hydrogens (tertiary/aromatic N) is 4. The van der Waals surface area contributed by atoms with Gasteiger partial charge in [-0.05, 0) is 53.6 Å². The van der Waals surface area contributed by atoms with Crippen LogP contribution >= 0.6 is 0 Å². The van der Waals surface area contributed by atoms with Gasteiger partial charge in [-0.1, -0.05) is 27.7 Å². The molecule has 0 spiro atoms. The van der Waals surface area contributed by atoms with E-state index in [1.54, 1.807) is 0 Å². The number of likely N-dealkylation sites (N-methyl/N-ethyl adjacent to an activating group) is 2. The molecule has 0 saturated heterocycles. The molecule has 0 unspecified atom stereocenters. The van der Waals surface area contributed by atoms with Gasteiger partial charge in [-0.3, -0.25) is 4.90 Å². The Hall–Kier alpha value is -0.160. The maximum absolute atomic E-state index is 2.62. The van der Waals surface area contributed by atoms with E-state index >= 15 is 0 Å². The van der Waals surface area contributed by atoms with Crippen molar-refractivity contribution in [2.75, 3.05) is 52.4 Å². The minimum atomic E-state index is 0.614. The topological polar surface area (TPSA) is 13.0 Å². The highest BCUT2D eigenvalue weighted by molar-refractivity contribution is 4.70. The van der Waals surface area contributed by atoms with Crippen LogP contribution in [0.1, 0.15) is 68.2 Å². The summed E-state index contributed by atoms with van der Waals surface area (Å²) in [4.78, 5) is 5.21. The highest BCUT2D eigenvalue weighted by Crippen LogP contribution is 2.07. The smallest absolute Gasteiger partial charge is 0.0261 e. The Morgan fingerprint density at radius 3 is 1.29 bits per heavy atom. The molecule has 146 valence electrons. The number of hydrogen-bond acceptors (Lipinski definition) is 4. The molecule has 0 amide bonds. The molecule has 0 aliphatic rings. The van der Waals surface area contributed by atoms with Crippen molar-refractivity contribution < 1.29 is 0 Å². The van der Waals surface area contributed by atoms with Crippen molar-refractivity contribution in [3.8, 4) is 0 Å². The number of hydrogen-bond donors (Lipinski definition) is 0. The molecule has 4 nitrogen and oxygen atoms in total. The summed E-state index contributed by atoms with van der Waals surface area (Å²) < 4.78 is 0. The van der Waals surface area contributed by atoms with Gasteiger partial charge in [-0.25, -0.2) is 10.0 Å². The molecule has 0 aromatic heterocycles. The van der Waals surface area contributed by atoms with Crippen molar-refractivity contribution in [2.24, 2.45) is 0 Å². The van der Waals surface area contributed by atoms with Crippen LogP contribution in [0.25, 0.3) is 0 Å². The lowest BCUT2D eigenvalue weighted by Gasteiger charge is -2.38. The van der Waals surface area contributed by atoms with E-state index in [1.807, 2.05) is 0 Å². The van der Waals surface area contributed by atoms with Crippen molar-refractivity contribution in [2.45, 2.75) is 80.3 Å². The Morgan fingerprint density at radius 2 is 0.958 bits per heavy atom. The maximum atomic E-state index is 2.62. The van der Waals surface area contributed by atoms with Gasteiger partial charge < -0.3 is 4.90 Å². The van der Waals surface area contributed by atoms with Gasteiger partial charge in [-0.15, -0.1) is 0 Å². The third kappa shape index (κ3) is 9.36.